The average Bonchev–Trinajstić information content (AvgIpc) is 2.97. The second-order valence-corrected chi connectivity index (χ2v) is 3.75. The van der Waals surface area contributed by atoms with Crippen molar-refractivity contribution in [1.29, 1.82) is 0 Å². The largest absolute Gasteiger partial charge is 0.435 e. The van der Waals surface area contributed by atoms with Crippen molar-refractivity contribution in [3.8, 4) is 18.1 Å². The molecule has 1 aliphatic carbocycles. The molecule has 0 bridgehead atoms. The van der Waals surface area contributed by atoms with Gasteiger partial charge < -0.3 is 4.74 Å². The van der Waals surface area contributed by atoms with Crippen molar-refractivity contribution in [2.75, 3.05) is 0 Å². The van der Waals surface area contributed by atoms with Crippen LogP contribution in [-0.2, 0) is 5.41 Å². The lowest BCUT2D eigenvalue weighted by Crippen LogP contribution is -2.07. The van der Waals surface area contributed by atoms with Crippen LogP contribution in [0, 0.1) is 18.2 Å². The van der Waals surface area contributed by atoms with Gasteiger partial charge in [-0.2, -0.15) is 8.78 Å². The normalized spacial score (nSPS) is 16.9. The highest BCUT2D eigenvalue weighted by molar-refractivity contribution is 5.43. The van der Waals surface area contributed by atoms with E-state index >= 15 is 0 Å². The molecule has 1 nitrogen and oxygen atoms in total. The molecular weight excluding hydrogens is 217 g/mol. The van der Waals surface area contributed by atoms with Crippen LogP contribution in [0.15, 0.2) is 18.2 Å². The molecule has 0 radical (unpaired) electrons. The molecule has 0 saturated heterocycles. The summed E-state index contributed by atoms with van der Waals surface area (Å²) in [6, 6.07) is 3.67. The summed E-state index contributed by atoms with van der Waals surface area (Å²) in [5.41, 5.74) is -0.149. The van der Waals surface area contributed by atoms with Crippen LogP contribution in [0.5, 0.6) is 5.75 Å². The minimum absolute atomic E-state index is 0.191. The van der Waals surface area contributed by atoms with Crippen LogP contribution < -0.4 is 4.74 Å². The second-order valence-electron chi connectivity index (χ2n) is 3.75. The Hall–Kier alpha value is -1.63. The van der Waals surface area contributed by atoms with E-state index in [2.05, 4.69) is 10.7 Å². The fourth-order valence-corrected chi connectivity index (χ4v) is 1.68. The van der Waals surface area contributed by atoms with Crippen LogP contribution in [-0.4, -0.2) is 6.61 Å². The minimum Gasteiger partial charge on any atom is -0.435 e. The molecule has 0 unspecified atom stereocenters. The standard InChI is InChI=1S/C12H9F3O/c1-2-12(5-6-12)9-4-3-8(7-10(9)13)16-11(14)15/h1,3-4,7,11H,5-6H2. The third-order valence-corrected chi connectivity index (χ3v) is 2.71. The topological polar surface area (TPSA) is 9.23 Å². The zero-order chi connectivity index (χ0) is 11.8. The molecule has 0 atom stereocenters. The van der Waals surface area contributed by atoms with E-state index in [4.69, 9.17) is 6.42 Å². The van der Waals surface area contributed by atoms with E-state index in [-0.39, 0.29) is 5.75 Å². The maximum Gasteiger partial charge on any atom is 0.387 e. The number of halogens is 3. The Balaban J connectivity index is 2.28. The number of hydrogen-bond acceptors (Lipinski definition) is 1. The van der Waals surface area contributed by atoms with Crippen LogP contribution in [0.4, 0.5) is 13.2 Å². The van der Waals surface area contributed by atoms with Crippen molar-refractivity contribution >= 4 is 0 Å². The first kappa shape index (κ1) is 10.9. The molecule has 2 rings (SSSR count). The molecule has 16 heavy (non-hydrogen) atoms. The molecule has 1 aromatic rings. The lowest BCUT2D eigenvalue weighted by Gasteiger charge is -2.11. The van der Waals surface area contributed by atoms with Crippen LogP contribution in [0.3, 0.4) is 0 Å². The molecule has 0 heterocycles. The van der Waals surface area contributed by atoms with E-state index in [1.165, 1.54) is 12.1 Å². The molecule has 4 heteroatoms. The third-order valence-electron chi connectivity index (χ3n) is 2.71. The van der Waals surface area contributed by atoms with Gasteiger partial charge in [-0.05, 0) is 18.9 Å². The zero-order valence-electron chi connectivity index (χ0n) is 8.34. The minimum atomic E-state index is -2.95. The summed E-state index contributed by atoms with van der Waals surface area (Å²) in [5, 5.41) is 0. The summed E-state index contributed by atoms with van der Waals surface area (Å²) >= 11 is 0. The Bertz CT molecular complexity index is 444. The van der Waals surface area contributed by atoms with Crippen LogP contribution in [0.1, 0.15) is 18.4 Å². The Kier molecular flexibility index (Phi) is 2.55. The van der Waals surface area contributed by atoms with Crippen molar-refractivity contribution in [3.63, 3.8) is 0 Å². The molecule has 1 aromatic carbocycles. The highest BCUT2D eigenvalue weighted by atomic mass is 19.3. The van der Waals surface area contributed by atoms with Crippen molar-refractivity contribution in [3.05, 3.63) is 29.6 Å². The lowest BCUT2D eigenvalue weighted by molar-refractivity contribution is -0.0500. The van der Waals surface area contributed by atoms with Gasteiger partial charge in [0.2, 0.25) is 0 Å². The molecule has 1 fully saturated rings. The molecule has 1 aliphatic rings. The summed E-state index contributed by atoms with van der Waals surface area (Å²) in [6.45, 7) is -2.95. The number of hydrogen-bond donors (Lipinski definition) is 0. The van der Waals surface area contributed by atoms with Gasteiger partial charge in [0.15, 0.2) is 0 Å². The zero-order valence-corrected chi connectivity index (χ0v) is 8.34. The maximum atomic E-state index is 13.6. The van der Waals surface area contributed by atoms with Crippen LogP contribution >= 0.6 is 0 Å². The molecule has 0 N–H and O–H groups in total. The second kappa shape index (κ2) is 3.75. The number of ether oxygens (including phenoxy) is 1. The van der Waals surface area contributed by atoms with Crippen molar-refractivity contribution in [1.82, 2.24) is 0 Å². The van der Waals surface area contributed by atoms with E-state index in [0.717, 1.165) is 18.9 Å². The van der Waals surface area contributed by atoms with E-state index in [0.29, 0.717) is 5.56 Å². The molecule has 1 saturated carbocycles. The van der Waals surface area contributed by atoms with Gasteiger partial charge in [-0.3, -0.25) is 0 Å². The first-order chi connectivity index (χ1) is 7.57. The van der Waals surface area contributed by atoms with E-state index in [1.54, 1.807) is 0 Å². The fraction of sp³-hybridized carbons (Fsp3) is 0.333. The quantitative estimate of drug-likeness (QED) is 0.719. The lowest BCUT2D eigenvalue weighted by atomic mass is 9.96. The van der Waals surface area contributed by atoms with Crippen molar-refractivity contribution < 1.29 is 17.9 Å². The van der Waals surface area contributed by atoms with Crippen molar-refractivity contribution in [2.45, 2.75) is 24.9 Å². The first-order valence-electron chi connectivity index (χ1n) is 4.80. The highest BCUT2D eigenvalue weighted by Gasteiger charge is 2.44. The van der Waals surface area contributed by atoms with Gasteiger partial charge in [0.1, 0.15) is 11.6 Å². The van der Waals surface area contributed by atoms with Gasteiger partial charge in [-0.1, -0.05) is 12.0 Å². The smallest absolute Gasteiger partial charge is 0.387 e. The predicted octanol–water partition coefficient (Wildman–Crippen LogP) is 3.09. The van der Waals surface area contributed by atoms with Gasteiger partial charge in [0.05, 0.1) is 5.41 Å². The molecule has 0 spiro atoms. The Morgan fingerprint density at radius 2 is 2.06 bits per heavy atom. The number of benzene rings is 1. The van der Waals surface area contributed by atoms with Crippen LogP contribution in [0.25, 0.3) is 0 Å². The van der Waals surface area contributed by atoms with Gasteiger partial charge in [0, 0.05) is 11.6 Å². The summed E-state index contributed by atoms with van der Waals surface area (Å²) in [4.78, 5) is 0. The summed E-state index contributed by atoms with van der Waals surface area (Å²) in [5.74, 6) is 1.76. The number of terminal acetylenes is 1. The molecule has 0 aromatic heterocycles. The van der Waals surface area contributed by atoms with Crippen molar-refractivity contribution in [2.24, 2.45) is 0 Å². The SMILES string of the molecule is C#CC1(c2ccc(OC(F)F)cc2F)CC1. The summed E-state index contributed by atoms with van der Waals surface area (Å²) in [7, 11) is 0. The number of rotatable bonds is 3. The summed E-state index contributed by atoms with van der Waals surface area (Å²) < 4.78 is 41.5. The Morgan fingerprint density at radius 1 is 1.38 bits per heavy atom. The summed E-state index contributed by atoms with van der Waals surface area (Å²) in [6.07, 6.45) is 6.78. The van der Waals surface area contributed by atoms with Gasteiger partial charge in [-0.15, -0.1) is 6.42 Å². The number of alkyl halides is 2. The molecule has 0 amide bonds. The molecule has 84 valence electrons. The molecular formula is C12H9F3O. The monoisotopic (exact) mass is 226 g/mol. The van der Waals surface area contributed by atoms with Gasteiger partial charge in [0.25, 0.3) is 0 Å². The molecule has 0 aliphatic heterocycles. The third kappa shape index (κ3) is 1.85. The predicted molar refractivity (Wildman–Crippen MR) is 52.8 cm³/mol. The first-order valence-corrected chi connectivity index (χ1v) is 4.80. The van der Waals surface area contributed by atoms with Crippen LogP contribution in [0.2, 0.25) is 0 Å². The van der Waals surface area contributed by atoms with E-state index in [9.17, 15) is 13.2 Å². The Labute approximate surface area is 91.2 Å². The van der Waals surface area contributed by atoms with E-state index < -0.39 is 17.8 Å². The van der Waals surface area contributed by atoms with Gasteiger partial charge in [-0.25, -0.2) is 4.39 Å². The highest BCUT2D eigenvalue weighted by Crippen LogP contribution is 2.48. The Morgan fingerprint density at radius 3 is 2.50 bits per heavy atom. The fourth-order valence-electron chi connectivity index (χ4n) is 1.68. The maximum absolute atomic E-state index is 13.6. The van der Waals surface area contributed by atoms with Gasteiger partial charge >= 0.3 is 6.61 Å². The van der Waals surface area contributed by atoms with E-state index in [1.807, 2.05) is 0 Å². The average molecular weight is 226 g/mol.